The summed E-state index contributed by atoms with van der Waals surface area (Å²) in [6.45, 7) is 1.55. The van der Waals surface area contributed by atoms with E-state index in [1.165, 1.54) is 12.1 Å². The number of nitrogens with one attached hydrogen (secondary N) is 2. The van der Waals surface area contributed by atoms with E-state index in [1.54, 1.807) is 13.0 Å². The smallest absolute Gasteiger partial charge is 0.337 e. The van der Waals surface area contributed by atoms with Crippen molar-refractivity contribution in [3.05, 3.63) is 27.3 Å². The summed E-state index contributed by atoms with van der Waals surface area (Å²) < 4.78 is 22.9. The van der Waals surface area contributed by atoms with Gasteiger partial charge >= 0.3 is 12.0 Å². The summed E-state index contributed by atoms with van der Waals surface area (Å²) in [7, 11) is -3.21. The number of carbonyl (C=O) groups is 2. The molecule has 1 aromatic rings. The summed E-state index contributed by atoms with van der Waals surface area (Å²) in [4.78, 5) is 22.9. The van der Waals surface area contributed by atoms with Crippen LogP contribution >= 0.6 is 22.6 Å². The van der Waals surface area contributed by atoms with Crippen LogP contribution in [0.4, 0.5) is 10.5 Å². The average Bonchev–Trinajstić information content (AvgIpc) is 2.28. The number of urea groups is 1. The van der Waals surface area contributed by atoms with Gasteiger partial charge in [-0.3, -0.25) is 0 Å². The van der Waals surface area contributed by atoms with Gasteiger partial charge in [-0.05, 0) is 47.7 Å². The zero-order chi connectivity index (χ0) is 16.2. The van der Waals surface area contributed by atoms with Gasteiger partial charge in [-0.25, -0.2) is 18.0 Å². The van der Waals surface area contributed by atoms with Crippen molar-refractivity contribution < 1.29 is 23.1 Å². The van der Waals surface area contributed by atoms with Crippen molar-refractivity contribution in [3.8, 4) is 0 Å². The molecule has 0 saturated carbocycles. The quantitative estimate of drug-likeness (QED) is 0.619. The lowest BCUT2D eigenvalue weighted by Crippen LogP contribution is -2.40. The van der Waals surface area contributed by atoms with Crippen molar-refractivity contribution in [2.45, 2.75) is 13.0 Å². The van der Waals surface area contributed by atoms with Gasteiger partial charge in [0, 0.05) is 15.9 Å². The van der Waals surface area contributed by atoms with Crippen LogP contribution in [0.3, 0.4) is 0 Å². The standard InChI is InChI=1S/C12H15IN2O5S/c1-7(6-21(2,19)20)14-12(18)15-10-4-3-8(13)5-9(10)11(16)17/h3-5,7H,6H2,1-2H3,(H,16,17)(H2,14,15,18). The maximum absolute atomic E-state index is 11.8. The number of sulfone groups is 1. The van der Waals surface area contributed by atoms with Gasteiger partial charge in [0.2, 0.25) is 0 Å². The third-order valence-corrected chi connectivity index (χ3v) is 4.17. The molecule has 0 aromatic heterocycles. The maximum Gasteiger partial charge on any atom is 0.337 e. The van der Waals surface area contributed by atoms with Crippen LogP contribution in [0.5, 0.6) is 0 Å². The van der Waals surface area contributed by atoms with Gasteiger partial charge in [0.15, 0.2) is 0 Å². The molecule has 9 heteroatoms. The number of halogens is 1. The van der Waals surface area contributed by atoms with Gasteiger partial charge < -0.3 is 15.7 Å². The highest BCUT2D eigenvalue weighted by molar-refractivity contribution is 14.1. The molecule has 21 heavy (non-hydrogen) atoms. The van der Waals surface area contributed by atoms with E-state index in [9.17, 15) is 18.0 Å². The number of amides is 2. The molecule has 7 nitrogen and oxygen atoms in total. The Morgan fingerprint density at radius 2 is 2.00 bits per heavy atom. The fourth-order valence-corrected chi connectivity index (χ4v) is 3.16. The molecule has 0 bridgehead atoms. The summed E-state index contributed by atoms with van der Waals surface area (Å²) in [6.07, 6.45) is 1.07. The number of carbonyl (C=O) groups excluding carboxylic acids is 1. The molecule has 1 atom stereocenters. The van der Waals surface area contributed by atoms with E-state index in [0.29, 0.717) is 0 Å². The molecule has 1 unspecified atom stereocenters. The number of hydrogen-bond acceptors (Lipinski definition) is 4. The summed E-state index contributed by atoms with van der Waals surface area (Å²) in [6, 6.07) is 3.32. The first-order valence-corrected chi connectivity index (χ1v) is 9.00. The molecule has 2 amide bonds. The van der Waals surface area contributed by atoms with Gasteiger partial charge in [-0.2, -0.15) is 0 Å². The zero-order valence-corrected chi connectivity index (χ0v) is 14.4. The van der Waals surface area contributed by atoms with E-state index in [4.69, 9.17) is 5.11 Å². The lowest BCUT2D eigenvalue weighted by atomic mass is 10.2. The van der Waals surface area contributed by atoms with Crippen LogP contribution in [-0.2, 0) is 9.84 Å². The van der Waals surface area contributed by atoms with Crippen molar-refractivity contribution in [2.24, 2.45) is 0 Å². The Kier molecular flexibility index (Phi) is 5.96. The lowest BCUT2D eigenvalue weighted by Gasteiger charge is -2.14. The highest BCUT2D eigenvalue weighted by Gasteiger charge is 2.16. The second-order valence-electron chi connectivity index (χ2n) is 4.59. The highest BCUT2D eigenvalue weighted by Crippen LogP contribution is 2.18. The molecule has 116 valence electrons. The van der Waals surface area contributed by atoms with Gasteiger partial charge in [0.1, 0.15) is 9.84 Å². The lowest BCUT2D eigenvalue weighted by molar-refractivity contribution is 0.0698. The second-order valence-corrected chi connectivity index (χ2v) is 8.02. The van der Waals surface area contributed by atoms with Crippen LogP contribution in [0.25, 0.3) is 0 Å². The molecule has 0 fully saturated rings. The van der Waals surface area contributed by atoms with Crippen molar-refractivity contribution in [3.63, 3.8) is 0 Å². The Balaban J connectivity index is 2.78. The van der Waals surface area contributed by atoms with E-state index in [2.05, 4.69) is 10.6 Å². The van der Waals surface area contributed by atoms with Crippen molar-refractivity contribution in [1.29, 1.82) is 0 Å². The number of hydrogen-bond donors (Lipinski definition) is 3. The number of carboxylic acid groups (broad SMARTS) is 1. The van der Waals surface area contributed by atoms with Crippen LogP contribution in [0, 0.1) is 3.57 Å². The first kappa shape index (κ1) is 17.7. The highest BCUT2D eigenvalue weighted by atomic mass is 127. The molecule has 0 aliphatic rings. The molecular weight excluding hydrogens is 411 g/mol. The minimum Gasteiger partial charge on any atom is -0.478 e. The summed E-state index contributed by atoms with van der Waals surface area (Å²) >= 11 is 1.97. The Bertz CT molecular complexity index is 660. The molecular formula is C12H15IN2O5S. The topological polar surface area (TPSA) is 113 Å². The second kappa shape index (κ2) is 7.07. The first-order chi connectivity index (χ1) is 9.58. The molecule has 0 aliphatic carbocycles. The Morgan fingerprint density at radius 1 is 1.38 bits per heavy atom. The molecule has 0 heterocycles. The van der Waals surface area contributed by atoms with Crippen LogP contribution < -0.4 is 10.6 Å². The largest absolute Gasteiger partial charge is 0.478 e. The van der Waals surface area contributed by atoms with E-state index in [-0.39, 0.29) is 17.0 Å². The van der Waals surface area contributed by atoms with E-state index in [0.717, 1.165) is 9.83 Å². The SMILES string of the molecule is CC(CS(C)(=O)=O)NC(=O)Nc1ccc(I)cc1C(=O)O. The Morgan fingerprint density at radius 3 is 2.52 bits per heavy atom. The monoisotopic (exact) mass is 426 g/mol. The maximum atomic E-state index is 11.8. The predicted molar refractivity (Wildman–Crippen MR) is 87.4 cm³/mol. The molecule has 0 spiro atoms. The average molecular weight is 426 g/mol. The number of carboxylic acids is 1. The normalized spacial score (nSPS) is 12.5. The Hall–Kier alpha value is -1.36. The summed E-state index contributed by atoms with van der Waals surface area (Å²) in [5.74, 6) is -1.35. The van der Waals surface area contributed by atoms with Crippen LogP contribution in [0.15, 0.2) is 18.2 Å². The molecule has 0 saturated heterocycles. The first-order valence-electron chi connectivity index (χ1n) is 5.86. The molecule has 1 aromatic carbocycles. The zero-order valence-electron chi connectivity index (χ0n) is 11.4. The molecule has 0 aliphatic heterocycles. The van der Waals surface area contributed by atoms with Crippen molar-refractivity contribution >= 4 is 50.1 Å². The molecule has 3 N–H and O–H groups in total. The number of aromatic carboxylic acids is 1. The minimum absolute atomic E-state index is 0.0344. The van der Waals surface area contributed by atoms with E-state index < -0.39 is 27.9 Å². The van der Waals surface area contributed by atoms with Crippen LogP contribution in [-0.4, -0.2) is 43.6 Å². The van der Waals surface area contributed by atoms with Crippen molar-refractivity contribution in [2.75, 3.05) is 17.3 Å². The van der Waals surface area contributed by atoms with E-state index >= 15 is 0 Å². The molecule has 0 radical (unpaired) electrons. The third-order valence-electron chi connectivity index (χ3n) is 2.39. The van der Waals surface area contributed by atoms with Gasteiger partial charge in [0.25, 0.3) is 0 Å². The number of anilines is 1. The van der Waals surface area contributed by atoms with E-state index in [1.807, 2.05) is 22.6 Å². The number of benzene rings is 1. The molecule has 1 rings (SSSR count). The third kappa shape index (κ3) is 6.29. The van der Waals surface area contributed by atoms with Crippen molar-refractivity contribution in [1.82, 2.24) is 5.32 Å². The number of rotatable bonds is 5. The van der Waals surface area contributed by atoms with Crippen LogP contribution in [0.1, 0.15) is 17.3 Å². The van der Waals surface area contributed by atoms with Gasteiger partial charge in [-0.1, -0.05) is 0 Å². The summed E-state index contributed by atoms with van der Waals surface area (Å²) in [5.41, 5.74) is 0.111. The minimum atomic E-state index is -3.21. The Labute approximate surface area is 136 Å². The fourth-order valence-electron chi connectivity index (χ4n) is 1.68. The van der Waals surface area contributed by atoms with Gasteiger partial charge in [0.05, 0.1) is 17.0 Å². The van der Waals surface area contributed by atoms with Gasteiger partial charge in [-0.15, -0.1) is 0 Å². The van der Waals surface area contributed by atoms with Crippen LogP contribution in [0.2, 0.25) is 0 Å². The fraction of sp³-hybridized carbons (Fsp3) is 0.333. The predicted octanol–water partition coefficient (Wildman–Crippen LogP) is 1.54. The summed E-state index contributed by atoms with van der Waals surface area (Å²) in [5, 5.41) is 13.9.